The summed E-state index contributed by atoms with van der Waals surface area (Å²) in [6, 6.07) is 10.6. The summed E-state index contributed by atoms with van der Waals surface area (Å²) in [7, 11) is 0. The Morgan fingerprint density at radius 2 is 1.89 bits per heavy atom. The molecule has 2 nitrogen and oxygen atoms in total. The molecule has 0 saturated carbocycles. The van der Waals surface area contributed by atoms with Gasteiger partial charge in [0.2, 0.25) is 0 Å². The van der Waals surface area contributed by atoms with E-state index in [9.17, 15) is 8.78 Å². The molecular formula is C14H10F2N2. The Kier molecular flexibility index (Phi) is 3.24. The van der Waals surface area contributed by atoms with Crippen LogP contribution in [0.25, 0.3) is 0 Å². The lowest BCUT2D eigenvalue weighted by atomic mass is 10.1. The van der Waals surface area contributed by atoms with Gasteiger partial charge in [0.25, 0.3) is 0 Å². The van der Waals surface area contributed by atoms with E-state index < -0.39 is 5.82 Å². The average molecular weight is 244 g/mol. The minimum absolute atomic E-state index is 0.0847. The molecule has 0 spiro atoms. The molecule has 0 aliphatic rings. The number of rotatable bonds is 2. The van der Waals surface area contributed by atoms with Crippen LogP contribution in [0.3, 0.4) is 0 Å². The summed E-state index contributed by atoms with van der Waals surface area (Å²) < 4.78 is 26.7. The lowest BCUT2D eigenvalue weighted by Crippen LogP contribution is -1.97. The molecule has 1 N–H and O–H groups in total. The number of nitrogens with zero attached hydrogens (tertiary/aromatic N) is 1. The van der Waals surface area contributed by atoms with E-state index in [0.29, 0.717) is 16.9 Å². The first-order valence-corrected chi connectivity index (χ1v) is 5.33. The summed E-state index contributed by atoms with van der Waals surface area (Å²) >= 11 is 0. The standard InChI is InChI=1S/C14H10F2N2/c1-9-5-6-10(7-13(9)16)18-14-4-2-3-12(15)11(14)8-17/h2-7,18H,1H3. The van der Waals surface area contributed by atoms with E-state index in [1.54, 1.807) is 31.2 Å². The maximum atomic E-state index is 13.4. The number of aryl methyl sites for hydroxylation is 1. The number of anilines is 2. The van der Waals surface area contributed by atoms with Crippen molar-refractivity contribution >= 4 is 11.4 Å². The second kappa shape index (κ2) is 4.84. The molecule has 0 saturated heterocycles. The molecule has 2 aromatic carbocycles. The first kappa shape index (κ1) is 12.1. The Labute approximate surface area is 103 Å². The molecule has 0 atom stereocenters. The predicted octanol–water partition coefficient (Wildman–Crippen LogP) is 3.89. The highest BCUT2D eigenvalue weighted by molar-refractivity contribution is 5.66. The van der Waals surface area contributed by atoms with Gasteiger partial charge in [0.05, 0.1) is 5.69 Å². The van der Waals surface area contributed by atoms with E-state index in [4.69, 9.17) is 5.26 Å². The van der Waals surface area contributed by atoms with Crippen LogP contribution in [0.2, 0.25) is 0 Å². The zero-order chi connectivity index (χ0) is 13.1. The lowest BCUT2D eigenvalue weighted by Gasteiger charge is -2.09. The van der Waals surface area contributed by atoms with Gasteiger partial charge in [0.15, 0.2) is 0 Å². The van der Waals surface area contributed by atoms with E-state index in [0.717, 1.165) is 0 Å². The SMILES string of the molecule is Cc1ccc(Nc2cccc(F)c2C#N)cc1F. The molecule has 0 aliphatic heterocycles. The zero-order valence-corrected chi connectivity index (χ0v) is 9.67. The molecule has 2 rings (SSSR count). The number of halogens is 2. The predicted molar refractivity (Wildman–Crippen MR) is 65.5 cm³/mol. The van der Waals surface area contributed by atoms with Crippen LogP contribution in [0, 0.1) is 29.9 Å². The minimum atomic E-state index is -0.602. The summed E-state index contributed by atoms with van der Waals surface area (Å²) in [5, 5.41) is 11.7. The third-order valence-corrected chi connectivity index (χ3v) is 2.58. The largest absolute Gasteiger partial charge is 0.354 e. The Morgan fingerprint density at radius 3 is 2.56 bits per heavy atom. The fourth-order valence-electron chi connectivity index (χ4n) is 1.57. The third kappa shape index (κ3) is 2.30. The van der Waals surface area contributed by atoms with Gasteiger partial charge in [-0.05, 0) is 36.8 Å². The molecule has 0 bridgehead atoms. The highest BCUT2D eigenvalue weighted by Gasteiger charge is 2.08. The molecule has 90 valence electrons. The molecule has 0 fully saturated rings. The number of hydrogen-bond donors (Lipinski definition) is 1. The molecular weight excluding hydrogens is 234 g/mol. The van der Waals surface area contributed by atoms with E-state index in [-0.39, 0.29) is 11.4 Å². The van der Waals surface area contributed by atoms with E-state index in [2.05, 4.69) is 5.32 Å². The summed E-state index contributed by atoms with van der Waals surface area (Å²) in [6.45, 7) is 1.65. The van der Waals surface area contributed by atoms with Crippen molar-refractivity contribution in [1.82, 2.24) is 0 Å². The number of nitrogens with one attached hydrogen (secondary N) is 1. The molecule has 0 amide bonds. The summed E-state index contributed by atoms with van der Waals surface area (Å²) in [6.07, 6.45) is 0. The van der Waals surface area contributed by atoms with Crippen molar-refractivity contribution in [3.8, 4) is 6.07 Å². The number of benzene rings is 2. The Bertz CT molecular complexity index is 630. The van der Waals surface area contributed by atoms with E-state index in [1.165, 1.54) is 18.2 Å². The highest BCUT2D eigenvalue weighted by atomic mass is 19.1. The molecule has 0 heterocycles. The van der Waals surface area contributed by atoms with Crippen LogP contribution < -0.4 is 5.32 Å². The van der Waals surface area contributed by atoms with Crippen molar-refractivity contribution in [1.29, 1.82) is 5.26 Å². The highest BCUT2D eigenvalue weighted by Crippen LogP contribution is 2.23. The molecule has 0 aliphatic carbocycles. The van der Waals surface area contributed by atoms with Crippen molar-refractivity contribution < 1.29 is 8.78 Å². The smallest absolute Gasteiger partial charge is 0.143 e. The fraction of sp³-hybridized carbons (Fsp3) is 0.0714. The van der Waals surface area contributed by atoms with E-state index in [1.807, 2.05) is 0 Å². The van der Waals surface area contributed by atoms with Gasteiger partial charge in [0.1, 0.15) is 23.3 Å². The topological polar surface area (TPSA) is 35.8 Å². The molecule has 4 heteroatoms. The van der Waals surface area contributed by atoms with Crippen molar-refractivity contribution in [3.63, 3.8) is 0 Å². The van der Waals surface area contributed by atoms with Crippen LogP contribution in [-0.2, 0) is 0 Å². The molecule has 2 aromatic rings. The average Bonchev–Trinajstić information content (AvgIpc) is 2.34. The summed E-state index contributed by atoms with van der Waals surface area (Å²) in [4.78, 5) is 0. The fourth-order valence-corrected chi connectivity index (χ4v) is 1.57. The monoisotopic (exact) mass is 244 g/mol. The van der Waals surface area contributed by atoms with Crippen molar-refractivity contribution in [2.24, 2.45) is 0 Å². The summed E-state index contributed by atoms with van der Waals surface area (Å²) in [5.74, 6) is -0.954. The van der Waals surface area contributed by atoms with Crippen LogP contribution in [0.5, 0.6) is 0 Å². The Balaban J connectivity index is 2.37. The van der Waals surface area contributed by atoms with Gasteiger partial charge in [-0.25, -0.2) is 8.78 Å². The maximum absolute atomic E-state index is 13.4. The second-order valence-corrected chi connectivity index (χ2v) is 3.86. The van der Waals surface area contributed by atoms with Gasteiger partial charge in [-0.3, -0.25) is 0 Å². The zero-order valence-electron chi connectivity index (χ0n) is 9.67. The molecule has 0 aromatic heterocycles. The van der Waals surface area contributed by atoms with Crippen LogP contribution in [-0.4, -0.2) is 0 Å². The van der Waals surface area contributed by atoms with Gasteiger partial charge in [-0.15, -0.1) is 0 Å². The molecule has 0 unspecified atom stereocenters. The Hall–Kier alpha value is -2.41. The first-order valence-electron chi connectivity index (χ1n) is 5.33. The third-order valence-electron chi connectivity index (χ3n) is 2.58. The van der Waals surface area contributed by atoms with Crippen molar-refractivity contribution in [2.75, 3.05) is 5.32 Å². The first-order chi connectivity index (χ1) is 8.61. The van der Waals surface area contributed by atoms with E-state index >= 15 is 0 Å². The van der Waals surface area contributed by atoms with Crippen LogP contribution >= 0.6 is 0 Å². The van der Waals surface area contributed by atoms with Crippen molar-refractivity contribution in [3.05, 3.63) is 59.2 Å². The second-order valence-electron chi connectivity index (χ2n) is 3.86. The van der Waals surface area contributed by atoms with Gasteiger partial charge in [-0.2, -0.15) is 5.26 Å². The molecule has 0 radical (unpaired) electrons. The normalized spacial score (nSPS) is 9.89. The maximum Gasteiger partial charge on any atom is 0.143 e. The minimum Gasteiger partial charge on any atom is -0.354 e. The van der Waals surface area contributed by atoms with Gasteiger partial charge in [-0.1, -0.05) is 12.1 Å². The van der Waals surface area contributed by atoms with Gasteiger partial charge < -0.3 is 5.32 Å². The van der Waals surface area contributed by atoms with Crippen LogP contribution in [0.15, 0.2) is 36.4 Å². The Morgan fingerprint density at radius 1 is 1.11 bits per heavy atom. The van der Waals surface area contributed by atoms with Crippen molar-refractivity contribution in [2.45, 2.75) is 6.92 Å². The number of nitriles is 1. The lowest BCUT2D eigenvalue weighted by molar-refractivity contribution is 0.619. The van der Waals surface area contributed by atoms with Crippen LogP contribution in [0.1, 0.15) is 11.1 Å². The van der Waals surface area contributed by atoms with Crippen LogP contribution in [0.4, 0.5) is 20.2 Å². The van der Waals surface area contributed by atoms with Gasteiger partial charge >= 0.3 is 0 Å². The van der Waals surface area contributed by atoms with Gasteiger partial charge in [0, 0.05) is 5.69 Å². The number of hydrogen-bond acceptors (Lipinski definition) is 2. The summed E-state index contributed by atoms with van der Waals surface area (Å²) in [5.41, 5.74) is 1.24. The molecule has 18 heavy (non-hydrogen) atoms. The quantitative estimate of drug-likeness (QED) is 0.869.